The van der Waals surface area contributed by atoms with Crippen LogP contribution in [0.2, 0.25) is 5.02 Å². The first kappa shape index (κ1) is 11.1. The van der Waals surface area contributed by atoms with Gasteiger partial charge in [-0.05, 0) is 30.2 Å². The van der Waals surface area contributed by atoms with E-state index in [-0.39, 0.29) is 5.97 Å². The molecule has 1 rings (SSSR count). The van der Waals surface area contributed by atoms with Crippen molar-refractivity contribution in [1.82, 2.24) is 0 Å². The molecule has 0 spiro atoms. The molecule has 0 saturated carbocycles. The van der Waals surface area contributed by atoms with Gasteiger partial charge in [0, 0.05) is 18.4 Å². The highest BCUT2D eigenvalue weighted by Gasteiger charge is 2.00. The molecule has 0 saturated heterocycles. The van der Waals surface area contributed by atoms with E-state index >= 15 is 0 Å². The van der Waals surface area contributed by atoms with Crippen LogP contribution in [-0.2, 0) is 16.0 Å². The zero-order valence-electron chi connectivity index (χ0n) is 8.34. The molecule has 0 aromatic heterocycles. The molecule has 0 heterocycles. The molecule has 0 amide bonds. The number of hydrogen-bond donors (Lipinski definition) is 0. The second-order valence-electron chi connectivity index (χ2n) is 3.16. The highest BCUT2D eigenvalue weighted by Crippen LogP contribution is 2.15. The molecule has 1 aromatic carbocycles. The molecule has 0 bridgehead atoms. The Morgan fingerprint density at radius 3 is 2.86 bits per heavy atom. The minimum Gasteiger partial charge on any atom is -0.466 e. The van der Waals surface area contributed by atoms with Gasteiger partial charge in [-0.1, -0.05) is 17.7 Å². The number of carbonyl (C=O) groups excluding carboxylic acids is 1. The smallest absolute Gasteiger partial charge is 0.302 e. The third-order valence-electron chi connectivity index (χ3n) is 1.99. The summed E-state index contributed by atoms with van der Waals surface area (Å²) < 4.78 is 4.86. The molecule has 2 nitrogen and oxygen atoms in total. The molecule has 0 atom stereocenters. The van der Waals surface area contributed by atoms with Crippen molar-refractivity contribution < 1.29 is 9.53 Å². The summed E-state index contributed by atoms with van der Waals surface area (Å²) in [5, 5.41) is 0.716. The molecule has 3 heteroatoms. The number of benzene rings is 1. The molecule has 0 aliphatic heterocycles. The van der Waals surface area contributed by atoms with Gasteiger partial charge in [-0.2, -0.15) is 0 Å². The number of aryl methyl sites for hydroxylation is 1. The molecule has 0 fully saturated rings. The summed E-state index contributed by atoms with van der Waals surface area (Å²) in [5.74, 6) is -0.246. The Balaban J connectivity index is 2.57. The van der Waals surface area contributed by atoms with Crippen LogP contribution in [-0.4, -0.2) is 12.6 Å². The van der Waals surface area contributed by atoms with E-state index in [1.807, 2.05) is 25.1 Å². The average Bonchev–Trinajstić information content (AvgIpc) is 2.10. The van der Waals surface area contributed by atoms with Crippen LogP contribution in [0, 0.1) is 6.92 Å². The summed E-state index contributed by atoms with van der Waals surface area (Å²) in [6.45, 7) is 3.83. The molecule has 0 unspecified atom stereocenters. The molecule has 1 aromatic rings. The monoisotopic (exact) mass is 212 g/mol. The Kier molecular flexibility index (Phi) is 3.96. The van der Waals surface area contributed by atoms with Crippen LogP contribution in [0.15, 0.2) is 18.2 Å². The Hall–Kier alpha value is -1.02. The molecule has 0 radical (unpaired) electrons. The minimum atomic E-state index is -0.246. The largest absolute Gasteiger partial charge is 0.466 e. The van der Waals surface area contributed by atoms with Crippen molar-refractivity contribution in [2.45, 2.75) is 20.3 Å². The van der Waals surface area contributed by atoms with E-state index in [9.17, 15) is 4.79 Å². The Morgan fingerprint density at radius 2 is 2.21 bits per heavy atom. The van der Waals surface area contributed by atoms with Crippen molar-refractivity contribution in [1.29, 1.82) is 0 Å². The van der Waals surface area contributed by atoms with Crippen LogP contribution < -0.4 is 0 Å². The first-order valence-corrected chi connectivity index (χ1v) is 4.86. The molecular weight excluding hydrogens is 200 g/mol. The number of halogens is 1. The summed E-state index contributed by atoms with van der Waals surface area (Å²) in [5.41, 5.74) is 2.29. The lowest BCUT2D eigenvalue weighted by Crippen LogP contribution is -2.04. The van der Waals surface area contributed by atoms with Gasteiger partial charge in [0.05, 0.1) is 6.61 Å². The van der Waals surface area contributed by atoms with Crippen molar-refractivity contribution in [3.63, 3.8) is 0 Å². The fourth-order valence-electron chi connectivity index (χ4n) is 1.21. The molecule has 76 valence electrons. The number of hydrogen-bond acceptors (Lipinski definition) is 2. The van der Waals surface area contributed by atoms with Crippen molar-refractivity contribution in [2.24, 2.45) is 0 Å². The van der Waals surface area contributed by atoms with Gasteiger partial charge >= 0.3 is 5.97 Å². The fraction of sp³-hybridized carbons (Fsp3) is 0.364. The first-order chi connectivity index (χ1) is 6.59. The number of ether oxygens (including phenoxy) is 1. The SMILES string of the molecule is CC(=O)OCCc1cc(Cl)ccc1C. The quantitative estimate of drug-likeness (QED) is 0.721. The maximum Gasteiger partial charge on any atom is 0.302 e. The highest BCUT2D eigenvalue weighted by atomic mass is 35.5. The second kappa shape index (κ2) is 5.01. The van der Waals surface area contributed by atoms with Gasteiger partial charge < -0.3 is 4.74 Å². The van der Waals surface area contributed by atoms with Gasteiger partial charge in [-0.25, -0.2) is 0 Å². The van der Waals surface area contributed by atoms with E-state index in [2.05, 4.69) is 0 Å². The third kappa shape index (κ3) is 3.38. The van der Waals surface area contributed by atoms with Crippen LogP contribution in [0.1, 0.15) is 18.1 Å². The summed E-state index contributed by atoms with van der Waals surface area (Å²) in [6, 6.07) is 5.72. The number of carbonyl (C=O) groups is 1. The summed E-state index contributed by atoms with van der Waals surface area (Å²) in [4.78, 5) is 10.5. The summed E-state index contributed by atoms with van der Waals surface area (Å²) in [6.07, 6.45) is 0.714. The van der Waals surface area contributed by atoms with Crippen LogP contribution in [0.5, 0.6) is 0 Å². The van der Waals surface area contributed by atoms with Gasteiger partial charge in [0.2, 0.25) is 0 Å². The average molecular weight is 213 g/mol. The van der Waals surface area contributed by atoms with Crippen molar-refractivity contribution in [3.8, 4) is 0 Å². The Bertz CT molecular complexity index is 334. The summed E-state index contributed by atoms with van der Waals surface area (Å²) >= 11 is 5.85. The maximum absolute atomic E-state index is 10.5. The topological polar surface area (TPSA) is 26.3 Å². The van der Waals surface area contributed by atoms with Gasteiger partial charge in [0.15, 0.2) is 0 Å². The second-order valence-corrected chi connectivity index (χ2v) is 3.60. The molecular formula is C11H13ClO2. The van der Waals surface area contributed by atoms with Gasteiger partial charge in [-0.3, -0.25) is 4.79 Å². The fourth-order valence-corrected chi connectivity index (χ4v) is 1.41. The normalized spacial score (nSPS) is 9.93. The zero-order valence-corrected chi connectivity index (χ0v) is 9.10. The van der Waals surface area contributed by atoms with E-state index in [1.54, 1.807) is 0 Å². The van der Waals surface area contributed by atoms with Gasteiger partial charge in [0.1, 0.15) is 0 Å². The predicted octanol–water partition coefficient (Wildman–Crippen LogP) is 2.75. The van der Waals surface area contributed by atoms with Crippen LogP contribution >= 0.6 is 11.6 Å². The zero-order chi connectivity index (χ0) is 10.6. The Morgan fingerprint density at radius 1 is 1.50 bits per heavy atom. The number of esters is 1. The highest BCUT2D eigenvalue weighted by molar-refractivity contribution is 6.30. The van der Waals surface area contributed by atoms with Crippen LogP contribution in [0.4, 0.5) is 0 Å². The Labute approximate surface area is 88.8 Å². The van der Waals surface area contributed by atoms with Crippen molar-refractivity contribution >= 4 is 17.6 Å². The van der Waals surface area contributed by atoms with E-state index in [0.29, 0.717) is 18.1 Å². The summed E-state index contributed by atoms with van der Waals surface area (Å²) in [7, 11) is 0. The van der Waals surface area contributed by atoms with Crippen LogP contribution in [0.3, 0.4) is 0 Å². The lowest BCUT2D eigenvalue weighted by molar-refractivity contribution is -0.140. The van der Waals surface area contributed by atoms with E-state index < -0.39 is 0 Å². The van der Waals surface area contributed by atoms with Crippen molar-refractivity contribution in [2.75, 3.05) is 6.61 Å². The first-order valence-electron chi connectivity index (χ1n) is 4.48. The molecule has 0 aliphatic rings. The van der Waals surface area contributed by atoms with Crippen LogP contribution in [0.25, 0.3) is 0 Å². The number of rotatable bonds is 3. The van der Waals surface area contributed by atoms with E-state index in [0.717, 1.165) is 5.56 Å². The van der Waals surface area contributed by atoms with Gasteiger partial charge in [0.25, 0.3) is 0 Å². The lowest BCUT2D eigenvalue weighted by atomic mass is 10.1. The van der Waals surface area contributed by atoms with Crippen molar-refractivity contribution in [3.05, 3.63) is 34.3 Å². The standard InChI is InChI=1S/C11H13ClO2/c1-8-3-4-11(12)7-10(8)5-6-14-9(2)13/h3-4,7H,5-6H2,1-2H3. The lowest BCUT2D eigenvalue weighted by Gasteiger charge is -2.06. The molecule has 0 N–H and O–H groups in total. The van der Waals surface area contributed by atoms with E-state index in [4.69, 9.17) is 16.3 Å². The maximum atomic E-state index is 10.5. The molecule has 0 aliphatic carbocycles. The third-order valence-corrected chi connectivity index (χ3v) is 2.22. The molecule has 14 heavy (non-hydrogen) atoms. The minimum absolute atomic E-state index is 0.246. The van der Waals surface area contributed by atoms with E-state index in [1.165, 1.54) is 12.5 Å². The van der Waals surface area contributed by atoms with Gasteiger partial charge in [-0.15, -0.1) is 0 Å². The predicted molar refractivity (Wildman–Crippen MR) is 56.5 cm³/mol.